The zero-order valence-electron chi connectivity index (χ0n) is 8.48. The third-order valence-electron chi connectivity index (χ3n) is 2.00. The summed E-state index contributed by atoms with van der Waals surface area (Å²) in [6.07, 6.45) is 2.87. The number of anilines is 2. The van der Waals surface area contributed by atoms with E-state index in [1.807, 2.05) is 6.07 Å². The molecule has 2 rings (SSSR count). The van der Waals surface area contributed by atoms with Gasteiger partial charge in [0.05, 0.1) is 17.3 Å². The average Bonchev–Trinajstić information content (AvgIpc) is 2.34. The summed E-state index contributed by atoms with van der Waals surface area (Å²) in [6.45, 7) is 0. The molecule has 17 heavy (non-hydrogen) atoms. The molecule has 4 nitrogen and oxygen atoms in total. The molecule has 0 aliphatic heterocycles. The van der Waals surface area contributed by atoms with Crippen LogP contribution in [0.2, 0.25) is 5.15 Å². The average molecular weight is 249 g/mol. The minimum atomic E-state index is -0.550. The van der Waals surface area contributed by atoms with Crippen LogP contribution in [0.5, 0.6) is 0 Å². The van der Waals surface area contributed by atoms with Crippen molar-refractivity contribution in [3.8, 4) is 6.07 Å². The van der Waals surface area contributed by atoms with E-state index in [9.17, 15) is 4.39 Å². The van der Waals surface area contributed by atoms with E-state index >= 15 is 0 Å². The fourth-order valence-electron chi connectivity index (χ4n) is 1.22. The number of benzene rings is 1. The number of hydrogen-bond acceptors (Lipinski definition) is 4. The molecule has 0 bridgehead atoms. The molecule has 0 spiro atoms. The van der Waals surface area contributed by atoms with Crippen LogP contribution >= 0.6 is 11.6 Å². The fourth-order valence-corrected chi connectivity index (χ4v) is 1.37. The first kappa shape index (κ1) is 11.3. The van der Waals surface area contributed by atoms with Gasteiger partial charge in [-0.15, -0.1) is 0 Å². The number of nitrogens with zero attached hydrogens (tertiary/aromatic N) is 3. The summed E-state index contributed by atoms with van der Waals surface area (Å²) in [5.41, 5.74) is 0.435. The van der Waals surface area contributed by atoms with Gasteiger partial charge in [0.2, 0.25) is 0 Å². The molecule has 0 aliphatic rings. The Kier molecular flexibility index (Phi) is 3.17. The van der Waals surface area contributed by atoms with Crippen molar-refractivity contribution < 1.29 is 4.39 Å². The maximum absolute atomic E-state index is 13.5. The maximum atomic E-state index is 13.5. The van der Waals surface area contributed by atoms with Crippen LogP contribution in [0.15, 0.2) is 30.6 Å². The minimum absolute atomic E-state index is 0.149. The van der Waals surface area contributed by atoms with Gasteiger partial charge in [-0.1, -0.05) is 11.6 Å². The Balaban J connectivity index is 2.32. The molecule has 1 aromatic carbocycles. The molecule has 0 atom stereocenters. The lowest BCUT2D eigenvalue weighted by Crippen LogP contribution is -1.98. The van der Waals surface area contributed by atoms with Crippen molar-refractivity contribution in [2.45, 2.75) is 0 Å². The SMILES string of the molecule is N#Cc1ccc(Nc2nccnc2Cl)c(F)c1. The largest absolute Gasteiger partial charge is 0.335 e. The first-order valence-corrected chi connectivity index (χ1v) is 5.01. The second-order valence-electron chi connectivity index (χ2n) is 3.13. The first-order chi connectivity index (χ1) is 8.20. The van der Waals surface area contributed by atoms with Crippen LogP contribution in [-0.2, 0) is 0 Å². The van der Waals surface area contributed by atoms with Crippen molar-refractivity contribution in [1.29, 1.82) is 5.26 Å². The number of hydrogen-bond donors (Lipinski definition) is 1. The molecule has 0 saturated carbocycles. The Bertz CT molecular complexity index is 594. The van der Waals surface area contributed by atoms with Crippen molar-refractivity contribution in [3.63, 3.8) is 0 Å². The van der Waals surface area contributed by atoms with Gasteiger partial charge in [-0.3, -0.25) is 0 Å². The molecule has 1 aromatic heterocycles. The fraction of sp³-hybridized carbons (Fsp3) is 0. The minimum Gasteiger partial charge on any atom is -0.335 e. The summed E-state index contributed by atoms with van der Waals surface area (Å²) < 4.78 is 13.5. The Morgan fingerprint density at radius 1 is 1.29 bits per heavy atom. The van der Waals surface area contributed by atoms with E-state index in [1.165, 1.54) is 24.5 Å². The van der Waals surface area contributed by atoms with Crippen molar-refractivity contribution in [1.82, 2.24) is 9.97 Å². The number of aromatic nitrogens is 2. The monoisotopic (exact) mass is 248 g/mol. The lowest BCUT2D eigenvalue weighted by molar-refractivity contribution is 0.631. The molecular weight excluding hydrogens is 243 g/mol. The van der Waals surface area contributed by atoms with Gasteiger partial charge in [0.25, 0.3) is 0 Å². The van der Waals surface area contributed by atoms with Crippen LogP contribution in [0, 0.1) is 17.1 Å². The van der Waals surface area contributed by atoms with E-state index < -0.39 is 5.82 Å². The van der Waals surface area contributed by atoms with Crippen molar-refractivity contribution in [3.05, 3.63) is 47.1 Å². The standard InChI is InChI=1S/C11H6ClFN4/c12-10-11(16-4-3-15-10)17-9-2-1-7(6-14)5-8(9)13/h1-5H,(H,16,17). The highest BCUT2D eigenvalue weighted by Gasteiger charge is 2.07. The van der Waals surface area contributed by atoms with Crippen LogP contribution in [0.4, 0.5) is 15.9 Å². The highest BCUT2D eigenvalue weighted by atomic mass is 35.5. The summed E-state index contributed by atoms with van der Waals surface area (Å²) >= 11 is 5.77. The van der Waals surface area contributed by atoms with Crippen LogP contribution in [0.3, 0.4) is 0 Å². The highest BCUT2D eigenvalue weighted by Crippen LogP contribution is 2.23. The van der Waals surface area contributed by atoms with E-state index in [2.05, 4.69) is 15.3 Å². The highest BCUT2D eigenvalue weighted by molar-refractivity contribution is 6.31. The molecular formula is C11H6ClFN4. The molecule has 0 saturated heterocycles. The van der Waals surface area contributed by atoms with E-state index in [1.54, 1.807) is 0 Å². The van der Waals surface area contributed by atoms with Gasteiger partial charge >= 0.3 is 0 Å². The number of nitrogens with one attached hydrogen (secondary N) is 1. The summed E-state index contributed by atoms with van der Waals surface area (Å²) in [5.74, 6) is -0.288. The summed E-state index contributed by atoms with van der Waals surface area (Å²) in [5, 5.41) is 11.5. The molecule has 84 valence electrons. The van der Waals surface area contributed by atoms with Gasteiger partial charge in [0.1, 0.15) is 5.82 Å². The first-order valence-electron chi connectivity index (χ1n) is 4.64. The smallest absolute Gasteiger partial charge is 0.171 e. The molecule has 2 aromatic rings. The lowest BCUT2D eigenvalue weighted by atomic mass is 10.2. The van der Waals surface area contributed by atoms with Crippen molar-refractivity contribution in [2.75, 3.05) is 5.32 Å². The molecule has 0 radical (unpaired) electrons. The van der Waals surface area contributed by atoms with E-state index in [0.29, 0.717) is 0 Å². The van der Waals surface area contributed by atoms with Crippen LogP contribution in [0.25, 0.3) is 0 Å². The van der Waals surface area contributed by atoms with Crippen LogP contribution < -0.4 is 5.32 Å². The molecule has 1 N–H and O–H groups in total. The van der Waals surface area contributed by atoms with E-state index in [-0.39, 0.29) is 22.2 Å². The lowest BCUT2D eigenvalue weighted by Gasteiger charge is -2.07. The predicted octanol–water partition coefficient (Wildman–Crippen LogP) is 2.88. The third-order valence-corrected chi connectivity index (χ3v) is 2.28. The summed E-state index contributed by atoms with van der Waals surface area (Å²) in [7, 11) is 0. The van der Waals surface area contributed by atoms with Gasteiger partial charge in [0.15, 0.2) is 11.0 Å². The normalized spacial score (nSPS) is 9.71. The van der Waals surface area contributed by atoms with Gasteiger partial charge in [-0.25, -0.2) is 14.4 Å². The summed E-state index contributed by atoms with van der Waals surface area (Å²) in [6, 6.07) is 5.92. The Labute approximate surface area is 102 Å². The Morgan fingerprint density at radius 3 is 2.71 bits per heavy atom. The second-order valence-corrected chi connectivity index (χ2v) is 3.49. The van der Waals surface area contributed by atoms with Crippen molar-refractivity contribution >= 4 is 23.1 Å². The van der Waals surface area contributed by atoms with Crippen LogP contribution in [0.1, 0.15) is 5.56 Å². The quantitative estimate of drug-likeness (QED) is 0.888. The zero-order valence-corrected chi connectivity index (χ0v) is 9.24. The topological polar surface area (TPSA) is 61.6 Å². The van der Waals surface area contributed by atoms with E-state index in [4.69, 9.17) is 16.9 Å². The van der Waals surface area contributed by atoms with Gasteiger partial charge in [-0.05, 0) is 18.2 Å². The summed E-state index contributed by atoms with van der Waals surface area (Å²) in [4.78, 5) is 7.72. The van der Waals surface area contributed by atoms with Crippen LogP contribution in [-0.4, -0.2) is 9.97 Å². The molecule has 0 amide bonds. The Morgan fingerprint density at radius 2 is 2.06 bits per heavy atom. The Hall–Kier alpha value is -2.19. The third kappa shape index (κ3) is 2.49. The molecule has 0 unspecified atom stereocenters. The molecule has 6 heteroatoms. The predicted molar refractivity (Wildman–Crippen MR) is 61.4 cm³/mol. The molecule has 0 fully saturated rings. The number of nitriles is 1. The number of halogens is 2. The zero-order chi connectivity index (χ0) is 12.3. The molecule has 1 heterocycles. The van der Waals surface area contributed by atoms with Crippen molar-refractivity contribution in [2.24, 2.45) is 0 Å². The van der Waals surface area contributed by atoms with Gasteiger partial charge < -0.3 is 5.32 Å². The molecule has 0 aliphatic carbocycles. The number of rotatable bonds is 2. The van der Waals surface area contributed by atoms with Gasteiger partial charge in [0, 0.05) is 12.4 Å². The second kappa shape index (κ2) is 4.76. The maximum Gasteiger partial charge on any atom is 0.171 e. The van der Waals surface area contributed by atoms with Gasteiger partial charge in [-0.2, -0.15) is 5.26 Å². The van der Waals surface area contributed by atoms with E-state index in [0.717, 1.165) is 6.07 Å².